The lowest BCUT2D eigenvalue weighted by Gasteiger charge is -2.10. The second-order valence-corrected chi connectivity index (χ2v) is 5.60. The minimum absolute atomic E-state index is 0.0843. The van der Waals surface area contributed by atoms with Crippen molar-refractivity contribution in [2.75, 3.05) is 5.94 Å². The van der Waals surface area contributed by atoms with E-state index in [0.717, 1.165) is 18.4 Å². The number of unbranched alkanes of at least 4 members (excludes halogenated alkanes) is 1. The number of carbonyl (C=O) groups is 1. The van der Waals surface area contributed by atoms with Crippen LogP contribution in [0.1, 0.15) is 44.2 Å². The van der Waals surface area contributed by atoms with Gasteiger partial charge in [-0.1, -0.05) is 19.9 Å². The van der Waals surface area contributed by atoms with Crippen molar-refractivity contribution in [1.29, 1.82) is 0 Å². The Bertz CT molecular complexity index is 458. The molecular weight excluding hydrogens is 275 g/mol. The number of Topliss-reactive ketones (excluding diaryl/α,β-unsaturated/α-hetero) is 1. The van der Waals surface area contributed by atoms with E-state index in [0.29, 0.717) is 18.4 Å². The fraction of sp³-hybridized carbons (Fsp3) is 0.562. The Morgan fingerprint density at radius 3 is 2.65 bits per heavy atom. The van der Waals surface area contributed by atoms with Crippen molar-refractivity contribution >= 4 is 18.4 Å². The molecule has 0 spiro atoms. The number of ketones is 1. The highest BCUT2D eigenvalue weighted by Gasteiger charge is 2.11. The van der Waals surface area contributed by atoms with Gasteiger partial charge < -0.3 is 4.74 Å². The number of benzene rings is 1. The normalized spacial score (nSPS) is 10.9. The molecule has 0 saturated heterocycles. The van der Waals surface area contributed by atoms with Gasteiger partial charge in [-0.3, -0.25) is 4.79 Å². The van der Waals surface area contributed by atoms with Crippen molar-refractivity contribution in [2.24, 2.45) is 5.92 Å². The standard InChI is InChI=1S/C16H23FO2S/c1-11(2)14(18)7-5-4-6-13-8-12(3)9-15(16(13)17)19-10-20/h8-9,11,20H,4-7,10H2,1-3H3. The molecule has 0 unspecified atom stereocenters. The molecule has 0 amide bonds. The lowest BCUT2D eigenvalue weighted by atomic mass is 10.00. The quantitative estimate of drug-likeness (QED) is 0.439. The SMILES string of the molecule is Cc1cc(CCCCC(=O)C(C)C)c(F)c(OCS)c1. The van der Waals surface area contributed by atoms with E-state index in [4.69, 9.17) is 4.74 Å². The van der Waals surface area contributed by atoms with Gasteiger partial charge in [-0.2, -0.15) is 0 Å². The Hall–Kier alpha value is -1.03. The van der Waals surface area contributed by atoms with Gasteiger partial charge in [0.2, 0.25) is 0 Å². The second kappa shape index (κ2) is 8.30. The van der Waals surface area contributed by atoms with Gasteiger partial charge in [0.05, 0.1) is 0 Å². The minimum atomic E-state index is -0.306. The van der Waals surface area contributed by atoms with Gasteiger partial charge in [0.25, 0.3) is 0 Å². The molecule has 4 heteroatoms. The summed E-state index contributed by atoms with van der Waals surface area (Å²) in [7, 11) is 0. The highest BCUT2D eigenvalue weighted by molar-refractivity contribution is 7.80. The van der Waals surface area contributed by atoms with Crippen molar-refractivity contribution in [2.45, 2.75) is 46.5 Å². The summed E-state index contributed by atoms with van der Waals surface area (Å²) in [4.78, 5) is 11.5. The first-order valence-electron chi connectivity index (χ1n) is 7.01. The monoisotopic (exact) mass is 298 g/mol. The van der Waals surface area contributed by atoms with E-state index >= 15 is 0 Å². The maximum atomic E-state index is 14.1. The van der Waals surface area contributed by atoms with Gasteiger partial charge in [0.15, 0.2) is 11.6 Å². The first kappa shape index (κ1) is 17.0. The second-order valence-electron chi connectivity index (χ2n) is 5.34. The molecule has 0 aliphatic rings. The molecule has 0 bridgehead atoms. The predicted octanol–water partition coefficient (Wildman–Crippen LogP) is 4.34. The number of ether oxygens (including phenoxy) is 1. The molecule has 0 aliphatic heterocycles. The van der Waals surface area contributed by atoms with Crippen molar-refractivity contribution < 1.29 is 13.9 Å². The first-order valence-corrected chi connectivity index (χ1v) is 7.64. The summed E-state index contributed by atoms with van der Waals surface area (Å²) in [5, 5.41) is 0. The molecule has 20 heavy (non-hydrogen) atoms. The van der Waals surface area contributed by atoms with E-state index in [1.165, 1.54) is 0 Å². The van der Waals surface area contributed by atoms with Crippen molar-refractivity contribution in [3.63, 3.8) is 0 Å². The Balaban J connectivity index is 2.57. The van der Waals surface area contributed by atoms with Gasteiger partial charge in [0.1, 0.15) is 11.7 Å². The molecule has 0 radical (unpaired) electrons. The molecule has 1 rings (SSSR count). The zero-order chi connectivity index (χ0) is 15.1. The zero-order valence-corrected chi connectivity index (χ0v) is 13.3. The van der Waals surface area contributed by atoms with E-state index in [9.17, 15) is 9.18 Å². The summed E-state index contributed by atoms with van der Waals surface area (Å²) >= 11 is 3.95. The van der Waals surface area contributed by atoms with Gasteiger partial charge in [-0.05, 0) is 43.4 Å². The van der Waals surface area contributed by atoms with E-state index in [2.05, 4.69) is 12.6 Å². The number of hydrogen-bond donors (Lipinski definition) is 1. The third-order valence-corrected chi connectivity index (χ3v) is 3.37. The molecule has 0 fully saturated rings. The molecule has 0 aromatic heterocycles. The summed E-state index contributed by atoms with van der Waals surface area (Å²) in [6.07, 6.45) is 2.80. The highest BCUT2D eigenvalue weighted by atomic mass is 32.1. The Morgan fingerprint density at radius 1 is 1.35 bits per heavy atom. The molecule has 1 aromatic carbocycles. The van der Waals surface area contributed by atoms with E-state index in [1.807, 2.05) is 26.8 Å². The smallest absolute Gasteiger partial charge is 0.168 e. The maximum absolute atomic E-state index is 14.1. The summed E-state index contributed by atoms with van der Waals surface area (Å²) in [6, 6.07) is 3.52. The number of carbonyl (C=O) groups excluding carboxylic acids is 1. The summed E-state index contributed by atoms with van der Waals surface area (Å²) in [6.45, 7) is 5.73. The molecule has 0 N–H and O–H groups in total. The molecule has 1 aromatic rings. The average Bonchev–Trinajstić information content (AvgIpc) is 2.39. The fourth-order valence-corrected chi connectivity index (χ4v) is 2.21. The first-order chi connectivity index (χ1) is 9.45. The molecule has 0 aliphatic carbocycles. The van der Waals surface area contributed by atoms with Crippen LogP contribution in [0.3, 0.4) is 0 Å². The third kappa shape index (κ3) is 5.16. The van der Waals surface area contributed by atoms with Gasteiger partial charge in [0, 0.05) is 12.3 Å². The summed E-state index contributed by atoms with van der Waals surface area (Å²) < 4.78 is 19.3. The van der Waals surface area contributed by atoms with Crippen LogP contribution in [0, 0.1) is 18.7 Å². The topological polar surface area (TPSA) is 26.3 Å². The Labute approximate surface area is 126 Å². The highest BCUT2D eigenvalue weighted by Crippen LogP contribution is 2.24. The minimum Gasteiger partial charge on any atom is -0.480 e. The number of hydrogen-bond acceptors (Lipinski definition) is 3. The number of aryl methyl sites for hydroxylation is 2. The zero-order valence-electron chi connectivity index (χ0n) is 12.4. The van der Waals surface area contributed by atoms with Crippen molar-refractivity contribution in [3.8, 4) is 5.75 Å². The number of halogens is 1. The van der Waals surface area contributed by atoms with Gasteiger partial charge >= 0.3 is 0 Å². The van der Waals surface area contributed by atoms with Crippen LogP contribution in [0.4, 0.5) is 4.39 Å². The Kier molecular flexibility index (Phi) is 7.06. The average molecular weight is 298 g/mol. The van der Waals surface area contributed by atoms with Gasteiger partial charge in [-0.25, -0.2) is 4.39 Å². The molecular formula is C16H23FO2S. The van der Waals surface area contributed by atoms with Crippen LogP contribution in [-0.2, 0) is 11.2 Å². The van der Waals surface area contributed by atoms with Crippen molar-refractivity contribution in [1.82, 2.24) is 0 Å². The fourth-order valence-electron chi connectivity index (χ4n) is 2.07. The van der Waals surface area contributed by atoms with Crippen LogP contribution < -0.4 is 4.74 Å². The van der Waals surface area contributed by atoms with Gasteiger partial charge in [-0.15, -0.1) is 12.6 Å². The number of rotatable bonds is 8. The van der Waals surface area contributed by atoms with Crippen LogP contribution in [0.25, 0.3) is 0 Å². The molecule has 0 heterocycles. The summed E-state index contributed by atoms with van der Waals surface area (Å²) in [5.41, 5.74) is 1.62. The van der Waals surface area contributed by atoms with E-state index in [-0.39, 0.29) is 29.2 Å². The lowest BCUT2D eigenvalue weighted by molar-refractivity contribution is -0.122. The van der Waals surface area contributed by atoms with Crippen LogP contribution >= 0.6 is 12.6 Å². The lowest BCUT2D eigenvalue weighted by Crippen LogP contribution is -2.06. The molecule has 0 atom stereocenters. The predicted molar refractivity (Wildman–Crippen MR) is 83.0 cm³/mol. The largest absolute Gasteiger partial charge is 0.480 e. The van der Waals surface area contributed by atoms with Crippen molar-refractivity contribution in [3.05, 3.63) is 29.1 Å². The Morgan fingerprint density at radius 2 is 2.05 bits per heavy atom. The van der Waals surface area contributed by atoms with E-state index in [1.54, 1.807) is 6.07 Å². The van der Waals surface area contributed by atoms with Crippen LogP contribution in [0.5, 0.6) is 5.75 Å². The van der Waals surface area contributed by atoms with Crippen LogP contribution in [-0.4, -0.2) is 11.7 Å². The molecule has 0 saturated carbocycles. The molecule has 2 nitrogen and oxygen atoms in total. The summed E-state index contributed by atoms with van der Waals surface area (Å²) in [5.74, 6) is 0.464. The molecule has 112 valence electrons. The number of thiol groups is 1. The third-order valence-electron chi connectivity index (χ3n) is 3.24. The van der Waals surface area contributed by atoms with E-state index < -0.39 is 0 Å². The van der Waals surface area contributed by atoms with Crippen LogP contribution in [0.2, 0.25) is 0 Å². The van der Waals surface area contributed by atoms with Crippen LogP contribution in [0.15, 0.2) is 12.1 Å². The maximum Gasteiger partial charge on any atom is 0.168 e.